The van der Waals surface area contributed by atoms with Gasteiger partial charge < -0.3 is 4.84 Å². The minimum Gasteiger partial charge on any atom is -0.419 e. The van der Waals surface area contributed by atoms with Gasteiger partial charge in [0.25, 0.3) is 0 Å². The second kappa shape index (κ2) is 3.21. The summed E-state index contributed by atoms with van der Waals surface area (Å²) >= 11 is 0. The zero-order chi connectivity index (χ0) is 6.57. The summed E-state index contributed by atoms with van der Waals surface area (Å²) in [5.41, 5.74) is 0.521. The summed E-state index contributed by atoms with van der Waals surface area (Å²) in [7, 11) is 0. The van der Waals surface area contributed by atoms with Gasteiger partial charge in [0.15, 0.2) is 5.78 Å². The number of hydrogen-bond acceptors (Lipinski definition) is 3. The van der Waals surface area contributed by atoms with Crippen molar-refractivity contribution in [3.05, 3.63) is 11.8 Å². The van der Waals surface area contributed by atoms with Crippen LogP contribution in [0.4, 0.5) is 0 Å². The van der Waals surface area contributed by atoms with Crippen molar-refractivity contribution in [2.45, 2.75) is 13.8 Å². The fourth-order valence-corrected chi connectivity index (χ4v) is 0.185. The molecule has 0 aliphatic carbocycles. The zero-order valence-corrected chi connectivity index (χ0v) is 4.97. The van der Waals surface area contributed by atoms with Gasteiger partial charge in [-0.3, -0.25) is 4.79 Å². The highest BCUT2D eigenvalue weighted by atomic mass is 16.6. The van der Waals surface area contributed by atoms with Crippen molar-refractivity contribution in [3.63, 3.8) is 0 Å². The van der Waals surface area contributed by atoms with Gasteiger partial charge in [-0.2, -0.15) is 5.90 Å². The Hall–Kier alpha value is -0.830. The molecule has 2 N–H and O–H groups in total. The van der Waals surface area contributed by atoms with Gasteiger partial charge in [-0.1, -0.05) is 0 Å². The number of ketones is 1. The maximum Gasteiger partial charge on any atom is 0.158 e. The second-order valence-corrected chi connectivity index (χ2v) is 1.49. The summed E-state index contributed by atoms with van der Waals surface area (Å²) < 4.78 is 0. The normalized spacial score (nSPS) is 11.1. The molecule has 3 nitrogen and oxygen atoms in total. The van der Waals surface area contributed by atoms with Gasteiger partial charge >= 0.3 is 0 Å². The molecule has 0 bridgehead atoms. The van der Waals surface area contributed by atoms with Gasteiger partial charge in [-0.05, 0) is 13.8 Å². The first-order valence-corrected chi connectivity index (χ1v) is 2.21. The topological polar surface area (TPSA) is 52.3 Å². The van der Waals surface area contributed by atoms with Crippen LogP contribution in [0.3, 0.4) is 0 Å². The van der Waals surface area contributed by atoms with E-state index in [1.807, 2.05) is 0 Å². The van der Waals surface area contributed by atoms with Crippen molar-refractivity contribution >= 4 is 5.78 Å². The van der Waals surface area contributed by atoms with Crippen molar-refractivity contribution in [2.75, 3.05) is 0 Å². The molecule has 0 aliphatic heterocycles. The smallest absolute Gasteiger partial charge is 0.158 e. The van der Waals surface area contributed by atoms with Crippen LogP contribution in [-0.4, -0.2) is 5.78 Å². The molecule has 0 amide bonds. The summed E-state index contributed by atoms with van der Waals surface area (Å²) in [5, 5.41) is 0. The average Bonchev–Trinajstić information content (AvgIpc) is 1.67. The van der Waals surface area contributed by atoms with Crippen LogP contribution in [-0.2, 0) is 9.63 Å². The molecule has 0 aromatic heterocycles. The minimum absolute atomic E-state index is 0.0320. The largest absolute Gasteiger partial charge is 0.419 e. The Balaban J connectivity index is 3.80. The third-order valence-corrected chi connectivity index (χ3v) is 0.800. The highest BCUT2D eigenvalue weighted by Gasteiger charge is 1.92. The molecule has 0 radical (unpaired) electrons. The van der Waals surface area contributed by atoms with E-state index in [0.29, 0.717) is 5.57 Å². The fraction of sp³-hybridized carbons (Fsp3) is 0.400. The number of hydrogen-bond donors (Lipinski definition) is 1. The molecule has 0 aliphatic rings. The first-order chi connectivity index (χ1) is 3.68. The Morgan fingerprint density at radius 2 is 2.12 bits per heavy atom. The molecule has 0 unspecified atom stereocenters. The first-order valence-electron chi connectivity index (χ1n) is 2.21. The Labute approximate surface area is 48.1 Å². The number of carbonyl (C=O) groups is 1. The molecule has 0 aromatic rings. The third kappa shape index (κ3) is 2.36. The molecule has 3 heteroatoms. The quantitative estimate of drug-likeness (QED) is 0.321. The van der Waals surface area contributed by atoms with Crippen LogP contribution in [0.2, 0.25) is 0 Å². The summed E-state index contributed by atoms with van der Waals surface area (Å²) in [6.07, 6.45) is 1.21. The van der Waals surface area contributed by atoms with E-state index in [4.69, 9.17) is 0 Å². The molecule has 0 heterocycles. The molecule has 0 rings (SSSR count). The summed E-state index contributed by atoms with van der Waals surface area (Å²) in [6, 6.07) is 0. The van der Waals surface area contributed by atoms with Crippen molar-refractivity contribution in [3.8, 4) is 0 Å². The SMILES string of the molecule is CC(=O)C(C)=CON. The summed E-state index contributed by atoms with van der Waals surface area (Å²) in [6.45, 7) is 3.08. The van der Waals surface area contributed by atoms with Crippen LogP contribution < -0.4 is 5.90 Å². The van der Waals surface area contributed by atoms with Crippen LogP contribution >= 0.6 is 0 Å². The molecule has 0 spiro atoms. The molecular weight excluding hydrogens is 106 g/mol. The highest BCUT2D eigenvalue weighted by Crippen LogP contribution is 1.90. The Kier molecular flexibility index (Phi) is 2.88. The lowest BCUT2D eigenvalue weighted by molar-refractivity contribution is -0.113. The predicted octanol–water partition coefficient (Wildman–Crippen LogP) is 0.370. The maximum absolute atomic E-state index is 10.3. The van der Waals surface area contributed by atoms with Crippen molar-refractivity contribution < 1.29 is 9.63 Å². The van der Waals surface area contributed by atoms with E-state index in [-0.39, 0.29) is 5.78 Å². The van der Waals surface area contributed by atoms with E-state index in [1.165, 1.54) is 13.2 Å². The molecule has 0 saturated heterocycles. The van der Waals surface area contributed by atoms with E-state index in [1.54, 1.807) is 6.92 Å². The minimum atomic E-state index is -0.0320. The Morgan fingerprint density at radius 1 is 1.62 bits per heavy atom. The fourth-order valence-electron chi connectivity index (χ4n) is 0.185. The van der Waals surface area contributed by atoms with Gasteiger partial charge in [0, 0.05) is 5.57 Å². The Morgan fingerprint density at radius 3 is 2.25 bits per heavy atom. The molecule has 8 heavy (non-hydrogen) atoms. The number of Topliss-reactive ketones (excluding diaryl/α,β-unsaturated/α-hetero) is 1. The van der Waals surface area contributed by atoms with E-state index in [0.717, 1.165) is 0 Å². The molecule has 0 atom stereocenters. The summed E-state index contributed by atoms with van der Waals surface area (Å²) in [4.78, 5) is 14.4. The lowest BCUT2D eigenvalue weighted by Gasteiger charge is -1.89. The number of allylic oxidation sites excluding steroid dienone is 1. The van der Waals surface area contributed by atoms with Crippen LogP contribution in [0.1, 0.15) is 13.8 Å². The van der Waals surface area contributed by atoms with Crippen LogP contribution in [0.25, 0.3) is 0 Å². The summed E-state index contributed by atoms with van der Waals surface area (Å²) in [5.74, 6) is 4.61. The van der Waals surface area contributed by atoms with Gasteiger partial charge in [-0.25, -0.2) is 0 Å². The predicted molar refractivity (Wildman–Crippen MR) is 29.7 cm³/mol. The number of carbonyl (C=O) groups excluding carboxylic acids is 1. The molecular formula is C5H9NO2. The zero-order valence-electron chi connectivity index (χ0n) is 4.97. The van der Waals surface area contributed by atoms with Crippen LogP contribution in [0, 0.1) is 0 Å². The number of nitrogens with two attached hydrogens (primary N) is 1. The third-order valence-electron chi connectivity index (χ3n) is 0.800. The van der Waals surface area contributed by atoms with Crippen molar-refractivity contribution in [1.82, 2.24) is 0 Å². The standard InChI is InChI=1S/C5H9NO2/c1-4(3-8-6)5(2)7/h3H,6H2,1-2H3. The highest BCUT2D eigenvalue weighted by molar-refractivity contribution is 5.92. The molecule has 46 valence electrons. The molecule has 0 saturated carbocycles. The monoisotopic (exact) mass is 115 g/mol. The van der Waals surface area contributed by atoms with Gasteiger partial charge in [0.1, 0.15) is 6.26 Å². The van der Waals surface area contributed by atoms with Crippen molar-refractivity contribution in [2.24, 2.45) is 5.90 Å². The van der Waals surface area contributed by atoms with E-state index < -0.39 is 0 Å². The first kappa shape index (κ1) is 7.17. The lowest BCUT2D eigenvalue weighted by atomic mass is 10.2. The van der Waals surface area contributed by atoms with E-state index in [2.05, 4.69) is 10.7 Å². The lowest BCUT2D eigenvalue weighted by Crippen LogP contribution is -1.96. The van der Waals surface area contributed by atoms with Crippen LogP contribution in [0.15, 0.2) is 11.8 Å². The van der Waals surface area contributed by atoms with Gasteiger partial charge in [0.05, 0.1) is 0 Å². The Bertz CT molecular complexity index is 118. The average molecular weight is 115 g/mol. The maximum atomic E-state index is 10.3. The van der Waals surface area contributed by atoms with E-state index in [9.17, 15) is 4.79 Å². The van der Waals surface area contributed by atoms with Crippen molar-refractivity contribution in [1.29, 1.82) is 0 Å². The van der Waals surface area contributed by atoms with Gasteiger partial charge in [-0.15, -0.1) is 0 Å². The number of rotatable bonds is 2. The van der Waals surface area contributed by atoms with E-state index >= 15 is 0 Å². The second-order valence-electron chi connectivity index (χ2n) is 1.49. The molecule has 0 fully saturated rings. The van der Waals surface area contributed by atoms with Gasteiger partial charge in [0.2, 0.25) is 0 Å². The van der Waals surface area contributed by atoms with Crippen LogP contribution in [0.5, 0.6) is 0 Å². The molecule has 0 aromatic carbocycles.